The Morgan fingerprint density at radius 3 is 2.69 bits per heavy atom. The van der Waals surface area contributed by atoms with Gasteiger partial charge in [0.05, 0.1) is 12.3 Å². The van der Waals surface area contributed by atoms with Crippen molar-refractivity contribution in [3.63, 3.8) is 0 Å². The van der Waals surface area contributed by atoms with Crippen LogP contribution < -0.4 is 10.6 Å². The Morgan fingerprint density at radius 2 is 1.93 bits per heavy atom. The molecule has 29 heavy (non-hydrogen) atoms. The van der Waals surface area contributed by atoms with Crippen LogP contribution in [0.5, 0.6) is 0 Å². The molecule has 1 N–H and O–H groups in total. The Kier molecular flexibility index (Phi) is 5.62. The molecule has 7 nitrogen and oxygen atoms in total. The van der Waals surface area contributed by atoms with E-state index in [-0.39, 0.29) is 23.1 Å². The standard InChI is InChI=1S/C21H20N4O3S/c26-18(16-8-4-9-17(12-16)24-11-5-10-19(24)27)14-29-21-23-22-20(28)25(21)13-15-6-2-1-3-7-15/h1-4,6-9,12H,5,10-11,13-14H2,(H,22,28). The molecule has 0 atom stereocenters. The zero-order chi connectivity index (χ0) is 20.2. The minimum Gasteiger partial charge on any atom is -0.312 e. The third-order valence-electron chi connectivity index (χ3n) is 4.79. The molecule has 4 rings (SSSR count). The van der Waals surface area contributed by atoms with Crippen molar-refractivity contribution in [1.29, 1.82) is 0 Å². The number of nitrogens with one attached hydrogen (secondary N) is 1. The number of aromatic amines is 1. The molecule has 1 aliphatic rings. The van der Waals surface area contributed by atoms with E-state index in [2.05, 4.69) is 10.2 Å². The molecular weight excluding hydrogens is 388 g/mol. The van der Waals surface area contributed by atoms with E-state index in [1.54, 1.807) is 23.1 Å². The summed E-state index contributed by atoms with van der Waals surface area (Å²) in [6.07, 6.45) is 1.39. The molecule has 0 radical (unpaired) electrons. The van der Waals surface area contributed by atoms with Gasteiger partial charge in [-0.05, 0) is 24.1 Å². The van der Waals surface area contributed by atoms with Gasteiger partial charge in [0.25, 0.3) is 0 Å². The minimum absolute atomic E-state index is 0.0785. The maximum absolute atomic E-state index is 12.7. The lowest BCUT2D eigenvalue weighted by molar-refractivity contribution is -0.117. The van der Waals surface area contributed by atoms with E-state index in [0.717, 1.165) is 17.7 Å². The topological polar surface area (TPSA) is 88.1 Å². The summed E-state index contributed by atoms with van der Waals surface area (Å²) in [6.45, 7) is 1.07. The SMILES string of the molecule is O=C(CSc1n[nH]c(=O)n1Cc1ccccc1)c1cccc(N2CCCC2=O)c1. The van der Waals surface area contributed by atoms with E-state index in [0.29, 0.717) is 30.2 Å². The van der Waals surface area contributed by atoms with Gasteiger partial charge in [0.15, 0.2) is 10.9 Å². The molecule has 0 spiro atoms. The predicted molar refractivity (Wildman–Crippen MR) is 111 cm³/mol. The highest BCUT2D eigenvalue weighted by molar-refractivity contribution is 7.99. The molecule has 8 heteroatoms. The van der Waals surface area contributed by atoms with Crippen LogP contribution in [-0.2, 0) is 11.3 Å². The number of aromatic nitrogens is 3. The lowest BCUT2D eigenvalue weighted by Crippen LogP contribution is -2.23. The fourth-order valence-electron chi connectivity index (χ4n) is 3.30. The number of ketones is 1. The van der Waals surface area contributed by atoms with Crippen LogP contribution in [0.15, 0.2) is 64.5 Å². The molecule has 0 saturated carbocycles. The van der Waals surface area contributed by atoms with E-state index in [9.17, 15) is 14.4 Å². The lowest BCUT2D eigenvalue weighted by atomic mass is 10.1. The van der Waals surface area contributed by atoms with Crippen LogP contribution in [0.25, 0.3) is 0 Å². The first kappa shape index (κ1) is 19.2. The zero-order valence-electron chi connectivity index (χ0n) is 15.7. The Bertz CT molecular complexity index is 1090. The predicted octanol–water partition coefficient (Wildman–Crippen LogP) is 2.72. The first-order valence-corrected chi connectivity index (χ1v) is 10.4. The Balaban J connectivity index is 1.45. The molecule has 1 aliphatic heterocycles. The maximum atomic E-state index is 12.7. The van der Waals surface area contributed by atoms with Crippen LogP contribution in [-0.4, -0.2) is 38.8 Å². The third-order valence-corrected chi connectivity index (χ3v) is 5.77. The van der Waals surface area contributed by atoms with E-state index < -0.39 is 0 Å². The van der Waals surface area contributed by atoms with E-state index >= 15 is 0 Å². The van der Waals surface area contributed by atoms with Crippen molar-refractivity contribution < 1.29 is 9.59 Å². The molecule has 2 heterocycles. The summed E-state index contributed by atoms with van der Waals surface area (Å²) in [7, 11) is 0. The lowest BCUT2D eigenvalue weighted by Gasteiger charge is -2.16. The van der Waals surface area contributed by atoms with Gasteiger partial charge in [0.1, 0.15) is 0 Å². The Hall–Kier alpha value is -3.13. The summed E-state index contributed by atoms with van der Waals surface area (Å²) in [5, 5.41) is 6.97. The number of nitrogens with zero attached hydrogens (tertiary/aromatic N) is 3. The molecule has 1 saturated heterocycles. The van der Waals surface area contributed by atoms with Crippen molar-refractivity contribution in [3.05, 3.63) is 76.2 Å². The summed E-state index contributed by atoms with van der Waals surface area (Å²) in [4.78, 5) is 38.5. The summed E-state index contributed by atoms with van der Waals surface area (Å²) in [5.74, 6) is 0.159. The monoisotopic (exact) mass is 408 g/mol. The van der Waals surface area contributed by atoms with E-state index in [1.165, 1.54) is 16.3 Å². The quantitative estimate of drug-likeness (QED) is 0.480. The van der Waals surface area contributed by atoms with Crippen molar-refractivity contribution in [2.75, 3.05) is 17.2 Å². The van der Waals surface area contributed by atoms with E-state index in [1.807, 2.05) is 36.4 Å². The van der Waals surface area contributed by atoms with Crippen molar-refractivity contribution in [1.82, 2.24) is 14.8 Å². The van der Waals surface area contributed by atoms with Crippen molar-refractivity contribution in [2.24, 2.45) is 0 Å². The summed E-state index contributed by atoms with van der Waals surface area (Å²) < 4.78 is 1.52. The second-order valence-electron chi connectivity index (χ2n) is 6.79. The number of carbonyl (C=O) groups excluding carboxylic acids is 2. The summed E-state index contributed by atoms with van der Waals surface area (Å²) in [6, 6.07) is 16.7. The molecule has 3 aromatic rings. The largest absolute Gasteiger partial charge is 0.344 e. The normalized spacial score (nSPS) is 13.8. The second-order valence-corrected chi connectivity index (χ2v) is 7.74. The molecule has 2 aromatic carbocycles. The molecular formula is C21H20N4O3S. The third kappa shape index (κ3) is 4.32. The first-order valence-electron chi connectivity index (χ1n) is 9.37. The second kappa shape index (κ2) is 8.48. The molecule has 1 fully saturated rings. The number of H-pyrrole nitrogens is 1. The van der Waals surface area contributed by atoms with Gasteiger partial charge in [0.2, 0.25) is 5.91 Å². The van der Waals surface area contributed by atoms with Crippen LogP contribution in [0.1, 0.15) is 28.8 Å². The fourth-order valence-corrected chi connectivity index (χ4v) is 4.14. The number of anilines is 1. The van der Waals surface area contributed by atoms with Crippen molar-refractivity contribution >= 4 is 29.1 Å². The molecule has 148 valence electrons. The van der Waals surface area contributed by atoms with Gasteiger partial charge in [-0.2, -0.15) is 0 Å². The summed E-state index contributed by atoms with van der Waals surface area (Å²) in [5.41, 5.74) is 1.97. The average molecular weight is 408 g/mol. The molecule has 0 unspecified atom stereocenters. The highest BCUT2D eigenvalue weighted by atomic mass is 32.2. The van der Waals surface area contributed by atoms with Crippen LogP contribution in [0.2, 0.25) is 0 Å². The Morgan fingerprint density at radius 1 is 1.10 bits per heavy atom. The number of benzene rings is 2. The van der Waals surface area contributed by atoms with Gasteiger partial charge in [-0.3, -0.25) is 14.2 Å². The highest BCUT2D eigenvalue weighted by Crippen LogP contribution is 2.23. The van der Waals surface area contributed by atoms with Gasteiger partial charge in [-0.25, -0.2) is 9.89 Å². The minimum atomic E-state index is -0.307. The smallest absolute Gasteiger partial charge is 0.312 e. The number of hydrogen-bond acceptors (Lipinski definition) is 5. The van der Waals surface area contributed by atoms with Gasteiger partial charge in [0, 0.05) is 24.2 Å². The van der Waals surface area contributed by atoms with Crippen molar-refractivity contribution in [2.45, 2.75) is 24.5 Å². The Labute approximate surface area is 171 Å². The number of carbonyl (C=O) groups is 2. The average Bonchev–Trinajstić information content (AvgIpc) is 3.33. The first-order chi connectivity index (χ1) is 14.1. The van der Waals surface area contributed by atoms with E-state index in [4.69, 9.17) is 0 Å². The fraction of sp³-hybridized carbons (Fsp3) is 0.238. The van der Waals surface area contributed by atoms with Crippen LogP contribution in [0, 0.1) is 0 Å². The number of thioether (sulfide) groups is 1. The highest BCUT2D eigenvalue weighted by Gasteiger charge is 2.22. The molecule has 0 aliphatic carbocycles. The van der Waals surface area contributed by atoms with Crippen LogP contribution >= 0.6 is 11.8 Å². The van der Waals surface area contributed by atoms with Crippen LogP contribution in [0.3, 0.4) is 0 Å². The van der Waals surface area contributed by atoms with Gasteiger partial charge in [-0.15, -0.1) is 5.10 Å². The molecule has 1 aromatic heterocycles. The molecule has 1 amide bonds. The van der Waals surface area contributed by atoms with Crippen LogP contribution in [0.4, 0.5) is 5.69 Å². The summed E-state index contributed by atoms with van der Waals surface area (Å²) >= 11 is 1.22. The number of amides is 1. The van der Waals surface area contributed by atoms with Gasteiger partial charge >= 0.3 is 5.69 Å². The maximum Gasteiger partial charge on any atom is 0.344 e. The number of Topliss-reactive ketones (excluding diaryl/α,β-unsaturated/α-hetero) is 1. The number of rotatable bonds is 7. The van der Waals surface area contributed by atoms with Gasteiger partial charge < -0.3 is 4.90 Å². The number of hydrogen-bond donors (Lipinski definition) is 1. The van der Waals surface area contributed by atoms with Crippen molar-refractivity contribution in [3.8, 4) is 0 Å². The van der Waals surface area contributed by atoms with Gasteiger partial charge in [-0.1, -0.05) is 54.2 Å². The zero-order valence-corrected chi connectivity index (χ0v) is 16.5. The molecule has 0 bridgehead atoms.